The van der Waals surface area contributed by atoms with E-state index in [1.54, 1.807) is 0 Å². The molecule has 1 aromatic rings. The van der Waals surface area contributed by atoms with Crippen LogP contribution in [0.25, 0.3) is 0 Å². The molecule has 1 N–H and O–H groups in total. The van der Waals surface area contributed by atoms with Gasteiger partial charge in [0, 0.05) is 5.75 Å². The zero-order valence-corrected chi connectivity index (χ0v) is 11.4. The Bertz CT molecular complexity index is 299. The maximum absolute atomic E-state index is 3.39. The summed E-state index contributed by atoms with van der Waals surface area (Å²) in [4.78, 5) is 0. The van der Waals surface area contributed by atoms with Gasteiger partial charge >= 0.3 is 0 Å². The molecule has 90 valence electrons. The van der Waals surface area contributed by atoms with Crippen LogP contribution < -0.4 is 5.32 Å². The second-order valence-electron chi connectivity index (χ2n) is 4.35. The Balaban J connectivity index is 2.23. The Kier molecular flexibility index (Phi) is 6.58. The third-order valence-corrected chi connectivity index (χ3v) is 3.98. The van der Waals surface area contributed by atoms with E-state index in [1.165, 1.54) is 16.9 Å². The maximum Gasteiger partial charge on any atom is 0.0187 e. The summed E-state index contributed by atoms with van der Waals surface area (Å²) in [6.45, 7) is 8.88. The normalized spacial score (nSPS) is 12.7. The molecule has 1 nitrogen and oxygen atoms in total. The van der Waals surface area contributed by atoms with Gasteiger partial charge in [-0.3, -0.25) is 0 Å². The molecule has 1 rings (SSSR count). The lowest BCUT2D eigenvalue weighted by Gasteiger charge is -2.11. The van der Waals surface area contributed by atoms with Crippen molar-refractivity contribution in [3.63, 3.8) is 0 Å². The highest BCUT2D eigenvalue weighted by Crippen LogP contribution is 2.17. The fourth-order valence-electron chi connectivity index (χ4n) is 1.59. The molecule has 16 heavy (non-hydrogen) atoms. The molecule has 1 atom stereocenters. The first-order valence-corrected chi connectivity index (χ1v) is 7.22. The van der Waals surface area contributed by atoms with Crippen molar-refractivity contribution in [3.05, 3.63) is 35.4 Å². The third kappa shape index (κ3) is 5.04. The average molecular weight is 237 g/mol. The van der Waals surface area contributed by atoms with Gasteiger partial charge in [-0.05, 0) is 42.8 Å². The van der Waals surface area contributed by atoms with E-state index in [-0.39, 0.29) is 0 Å². The molecular weight excluding hydrogens is 214 g/mol. The summed E-state index contributed by atoms with van der Waals surface area (Å²) in [6.07, 6.45) is 0. The molecule has 0 fully saturated rings. The minimum atomic E-state index is 0.758. The lowest BCUT2D eigenvalue weighted by molar-refractivity contribution is 0.574. The fourth-order valence-corrected chi connectivity index (χ4v) is 2.77. The third-order valence-electron chi connectivity index (χ3n) is 2.66. The van der Waals surface area contributed by atoms with Gasteiger partial charge in [0.25, 0.3) is 0 Å². The van der Waals surface area contributed by atoms with Gasteiger partial charge in [-0.1, -0.05) is 38.1 Å². The minimum absolute atomic E-state index is 0.758. The quantitative estimate of drug-likeness (QED) is 0.779. The van der Waals surface area contributed by atoms with Crippen molar-refractivity contribution in [2.75, 3.05) is 18.8 Å². The lowest BCUT2D eigenvalue weighted by Crippen LogP contribution is -2.21. The number of hydrogen-bond donors (Lipinski definition) is 1. The van der Waals surface area contributed by atoms with E-state index >= 15 is 0 Å². The largest absolute Gasteiger partial charge is 0.317 e. The van der Waals surface area contributed by atoms with Crippen LogP contribution in [0.1, 0.15) is 25.0 Å². The first kappa shape index (κ1) is 13.6. The van der Waals surface area contributed by atoms with Crippen LogP contribution >= 0.6 is 11.8 Å². The number of nitrogens with one attached hydrogen (secondary N) is 1. The molecule has 0 bridgehead atoms. The summed E-state index contributed by atoms with van der Waals surface area (Å²) in [7, 11) is 0. The molecule has 0 aliphatic rings. The molecule has 0 aliphatic carbocycles. The first-order valence-electron chi connectivity index (χ1n) is 6.07. The van der Waals surface area contributed by atoms with Crippen molar-refractivity contribution < 1.29 is 0 Å². The van der Waals surface area contributed by atoms with E-state index in [2.05, 4.69) is 50.4 Å². The van der Waals surface area contributed by atoms with Crippen molar-refractivity contribution in [1.82, 2.24) is 5.32 Å². The Morgan fingerprint density at radius 2 is 2.06 bits per heavy atom. The van der Waals surface area contributed by atoms with Crippen LogP contribution in [0.5, 0.6) is 0 Å². The molecule has 0 saturated carbocycles. The van der Waals surface area contributed by atoms with E-state index in [0.717, 1.165) is 24.8 Å². The highest BCUT2D eigenvalue weighted by atomic mass is 32.2. The van der Waals surface area contributed by atoms with Crippen LogP contribution in [0.3, 0.4) is 0 Å². The van der Waals surface area contributed by atoms with E-state index in [1.807, 2.05) is 11.8 Å². The second kappa shape index (κ2) is 7.75. The Labute approximate surface area is 104 Å². The van der Waals surface area contributed by atoms with E-state index in [0.29, 0.717) is 0 Å². The number of thioether (sulfide) groups is 1. The van der Waals surface area contributed by atoms with Crippen molar-refractivity contribution in [1.29, 1.82) is 0 Å². The van der Waals surface area contributed by atoms with Crippen molar-refractivity contribution in [2.45, 2.75) is 26.5 Å². The van der Waals surface area contributed by atoms with Gasteiger partial charge in [0.05, 0.1) is 0 Å². The van der Waals surface area contributed by atoms with Gasteiger partial charge < -0.3 is 5.32 Å². The summed E-state index contributed by atoms with van der Waals surface area (Å²) in [5.41, 5.74) is 2.89. The molecule has 0 heterocycles. The smallest absolute Gasteiger partial charge is 0.0187 e. The molecule has 1 unspecified atom stereocenters. The summed E-state index contributed by atoms with van der Waals surface area (Å²) in [5, 5.41) is 3.39. The van der Waals surface area contributed by atoms with Gasteiger partial charge in [-0.25, -0.2) is 0 Å². The lowest BCUT2D eigenvalue weighted by atomic mass is 10.1. The molecule has 0 radical (unpaired) electrons. The molecule has 0 spiro atoms. The Hall–Kier alpha value is -0.470. The molecule has 0 saturated heterocycles. The summed E-state index contributed by atoms with van der Waals surface area (Å²) >= 11 is 2.04. The zero-order valence-electron chi connectivity index (χ0n) is 10.6. The zero-order chi connectivity index (χ0) is 11.8. The molecule has 0 aliphatic heterocycles. The molecule has 2 heteroatoms. The van der Waals surface area contributed by atoms with Crippen molar-refractivity contribution >= 4 is 11.8 Å². The molecular formula is C14H23NS. The highest BCUT2D eigenvalue weighted by Gasteiger charge is 2.02. The minimum Gasteiger partial charge on any atom is -0.317 e. The Morgan fingerprint density at radius 3 is 2.75 bits per heavy atom. The standard InChI is InChI=1S/C14H23NS/c1-4-15-9-12(2)10-16-11-14-8-6-5-7-13(14)3/h5-8,12,15H,4,9-11H2,1-3H3. The Morgan fingerprint density at radius 1 is 1.31 bits per heavy atom. The average Bonchev–Trinajstić information content (AvgIpc) is 2.29. The topological polar surface area (TPSA) is 12.0 Å². The SMILES string of the molecule is CCNCC(C)CSCc1ccccc1C. The van der Waals surface area contributed by atoms with Gasteiger partial charge in [-0.15, -0.1) is 0 Å². The van der Waals surface area contributed by atoms with Crippen molar-refractivity contribution in [2.24, 2.45) is 5.92 Å². The summed E-state index contributed by atoms with van der Waals surface area (Å²) in [6, 6.07) is 8.66. The summed E-state index contributed by atoms with van der Waals surface area (Å²) < 4.78 is 0. The number of rotatable bonds is 7. The number of benzene rings is 1. The van der Waals surface area contributed by atoms with Crippen LogP contribution in [-0.2, 0) is 5.75 Å². The van der Waals surface area contributed by atoms with Crippen LogP contribution in [0.15, 0.2) is 24.3 Å². The summed E-state index contributed by atoms with van der Waals surface area (Å²) in [5.74, 6) is 3.14. The predicted octanol–water partition coefficient (Wildman–Crippen LogP) is 3.47. The van der Waals surface area contributed by atoms with E-state index < -0.39 is 0 Å². The second-order valence-corrected chi connectivity index (χ2v) is 5.38. The van der Waals surface area contributed by atoms with Gasteiger partial charge in [0.1, 0.15) is 0 Å². The van der Waals surface area contributed by atoms with Crippen molar-refractivity contribution in [3.8, 4) is 0 Å². The maximum atomic E-state index is 3.39. The fraction of sp³-hybridized carbons (Fsp3) is 0.571. The predicted molar refractivity (Wildman–Crippen MR) is 75.0 cm³/mol. The van der Waals surface area contributed by atoms with Gasteiger partial charge in [0.2, 0.25) is 0 Å². The number of aryl methyl sites for hydroxylation is 1. The van der Waals surface area contributed by atoms with Crippen LogP contribution in [0.4, 0.5) is 0 Å². The van der Waals surface area contributed by atoms with Gasteiger partial charge in [0.15, 0.2) is 0 Å². The van der Waals surface area contributed by atoms with E-state index in [4.69, 9.17) is 0 Å². The van der Waals surface area contributed by atoms with Crippen LogP contribution in [-0.4, -0.2) is 18.8 Å². The first-order chi connectivity index (χ1) is 7.74. The van der Waals surface area contributed by atoms with Crippen LogP contribution in [0, 0.1) is 12.8 Å². The van der Waals surface area contributed by atoms with Crippen LogP contribution in [0.2, 0.25) is 0 Å². The monoisotopic (exact) mass is 237 g/mol. The number of hydrogen-bond acceptors (Lipinski definition) is 2. The van der Waals surface area contributed by atoms with E-state index in [9.17, 15) is 0 Å². The molecule has 1 aromatic carbocycles. The van der Waals surface area contributed by atoms with Gasteiger partial charge in [-0.2, -0.15) is 11.8 Å². The highest BCUT2D eigenvalue weighted by molar-refractivity contribution is 7.98. The molecule has 0 aromatic heterocycles. The molecule has 0 amide bonds.